The van der Waals surface area contributed by atoms with E-state index >= 15 is 0 Å². The van der Waals surface area contributed by atoms with E-state index in [1.165, 1.54) is 19.3 Å². The van der Waals surface area contributed by atoms with Crippen LogP contribution in [0.5, 0.6) is 0 Å². The lowest BCUT2D eigenvalue weighted by Gasteiger charge is -2.25. The molecule has 1 aliphatic carbocycles. The first-order valence-corrected chi connectivity index (χ1v) is 6.60. The Balaban J connectivity index is 1.54. The lowest BCUT2D eigenvalue weighted by molar-refractivity contribution is -0.117. The molecule has 1 saturated carbocycles. The molecule has 2 aliphatic rings. The Hall–Kier alpha value is -1.55. The molecule has 0 aromatic heterocycles. The first-order valence-electron chi connectivity index (χ1n) is 6.60. The van der Waals surface area contributed by atoms with Crippen molar-refractivity contribution >= 4 is 17.3 Å². The number of likely N-dealkylation sites (tertiary alicyclic amines) is 1. The fourth-order valence-electron chi connectivity index (χ4n) is 3.17. The third kappa shape index (κ3) is 2.34. The van der Waals surface area contributed by atoms with E-state index in [-0.39, 0.29) is 5.91 Å². The third-order valence-electron chi connectivity index (χ3n) is 4.06. The summed E-state index contributed by atoms with van der Waals surface area (Å²) in [6.45, 7) is 1.62. The molecule has 1 aromatic rings. The molecule has 1 heterocycles. The van der Waals surface area contributed by atoms with E-state index in [1.54, 1.807) is 12.1 Å². The number of nitrogens with two attached hydrogens (primary N) is 1. The van der Waals surface area contributed by atoms with Crippen LogP contribution in [0.3, 0.4) is 0 Å². The summed E-state index contributed by atoms with van der Waals surface area (Å²) in [5, 5.41) is 2.92. The van der Waals surface area contributed by atoms with Gasteiger partial charge in [0.1, 0.15) is 0 Å². The van der Waals surface area contributed by atoms with Crippen LogP contribution in [-0.4, -0.2) is 29.9 Å². The summed E-state index contributed by atoms with van der Waals surface area (Å²) in [5.41, 5.74) is 7.14. The van der Waals surface area contributed by atoms with Crippen molar-refractivity contribution in [1.82, 2.24) is 4.90 Å². The van der Waals surface area contributed by atoms with Gasteiger partial charge in [0.05, 0.1) is 6.54 Å². The highest BCUT2D eigenvalue weighted by Gasteiger charge is 2.38. The first kappa shape index (κ1) is 11.5. The van der Waals surface area contributed by atoms with Crippen LogP contribution in [-0.2, 0) is 4.79 Å². The number of benzene rings is 1. The Bertz CT molecular complexity index is 443. The van der Waals surface area contributed by atoms with Crippen LogP contribution in [0.1, 0.15) is 19.3 Å². The minimum Gasteiger partial charge on any atom is -0.399 e. The van der Waals surface area contributed by atoms with Crippen molar-refractivity contribution in [3.8, 4) is 0 Å². The van der Waals surface area contributed by atoms with Gasteiger partial charge in [-0.1, -0.05) is 0 Å². The van der Waals surface area contributed by atoms with Gasteiger partial charge in [0.25, 0.3) is 0 Å². The van der Waals surface area contributed by atoms with Crippen molar-refractivity contribution in [3.05, 3.63) is 24.3 Å². The zero-order chi connectivity index (χ0) is 12.5. The van der Waals surface area contributed by atoms with E-state index < -0.39 is 0 Å². The predicted octanol–water partition coefficient (Wildman–Crippen LogP) is 1.69. The standard InChI is InChI=1S/C14H19N3O/c15-11-2-4-12(5-3-11)16-14(18)9-17-8-10-1-6-13(17)7-10/h2-5,10,13H,1,6-9,15H2,(H,16,18). The largest absolute Gasteiger partial charge is 0.399 e. The van der Waals surface area contributed by atoms with Crippen molar-refractivity contribution < 1.29 is 4.79 Å². The molecule has 0 radical (unpaired) electrons. The monoisotopic (exact) mass is 245 g/mol. The number of piperidine rings is 1. The molecular formula is C14H19N3O. The predicted molar refractivity (Wildman–Crippen MR) is 72.2 cm³/mol. The lowest BCUT2D eigenvalue weighted by Crippen LogP contribution is -2.38. The normalized spacial score (nSPS) is 26.4. The summed E-state index contributed by atoms with van der Waals surface area (Å²) in [7, 11) is 0. The maximum Gasteiger partial charge on any atom is 0.238 e. The number of nitrogens with zero attached hydrogens (tertiary/aromatic N) is 1. The van der Waals surface area contributed by atoms with Crippen LogP contribution < -0.4 is 11.1 Å². The number of nitrogens with one attached hydrogen (secondary N) is 1. The number of nitrogen functional groups attached to an aromatic ring is 1. The maximum atomic E-state index is 11.9. The fourth-order valence-corrected chi connectivity index (χ4v) is 3.17. The van der Waals surface area contributed by atoms with Gasteiger partial charge in [0, 0.05) is 24.0 Å². The first-order chi connectivity index (χ1) is 8.70. The number of carbonyl (C=O) groups excluding carboxylic acids is 1. The molecule has 1 saturated heterocycles. The van der Waals surface area contributed by atoms with E-state index in [9.17, 15) is 4.79 Å². The van der Waals surface area contributed by atoms with Gasteiger partial charge in [-0.25, -0.2) is 0 Å². The Morgan fingerprint density at radius 3 is 2.72 bits per heavy atom. The summed E-state index contributed by atoms with van der Waals surface area (Å²) in [6.07, 6.45) is 3.90. The summed E-state index contributed by atoms with van der Waals surface area (Å²) in [5.74, 6) is 0.909. The van der Waals surface area contributed by atoms with Crippen molar-refractivity contribution in [2.45, 2.75) is 25.3 Å². The molecular weight excluding hydrogens is 226 g/mol. The van der Waals surface area contributed by atoms with Crippen molar-refractivity contribution in [3.63, 3.8) is 0 Å². The van der Waals surface area contributed by atoms with E-state index in [4.69, 9.17) is 5.73 Å². The summed E-state index contributed by atoms with van der Waals surface area (Å²) in [4.78, 5) is 14.3. The van der Waals surface area contributed by atoms with Gasteiger partial charge >= 0.3 is 0 Å². The molecule has 2 fully saturated rings. The van der Waals surface area contributed by atoms with Gasteiger partial charge in [-0.05, 0) is 49.4 Å². The van der Waals surface area contributed by atoms with Gasteiger partial charge in [-0.3, -0.25) is 9.69 Å². The summed E-state index contributed by atoms with van der Waals surface area (Å²) < 4.78 is 0. The van der Waals surface area contributed by atoms with Crippen molar-refractivity contribution in [2.24, 2.45) is 5.92 Å². The van der Waals surface area contributed by atoms with Gasteiger partial charge in [0.2, 0.25) is 5.91 Å². The number of fused-ring (bicyclic) bond motifs is 2. The van der Waals surface area contributed by atoms with E-state index in [1.807, 2.05) is 12.1 Å². The molecule has 2 bridgehead atoms. The van der Waals surface area contributed by atoms with Crippen LogP contribution in [0.15, 0.2) is 24.3 Å². The van der Waals surface area contributed by atoms with E-state index in [0.717, 1.165) is 18.2 Å². The van der Waals surface area contributed by atoms with Gasteiger partial charge in [-0.15, -0.1) is 0 Å². The molecule has 1 aliphatic heterocycles. The summed E-state index contributed by atoms with van der Waals surface area (Å²) in [6, 6.07) is 7.92. The number of amides is 1. The minimum absolute atomic E-state index is 0.0762. The average molecular weight is 245 g/mol. The molecule has 3 N–H and O–H groups in total. The SMILES string of the molecule is Nc1ccc(NC(=O)CN2CC3CCC2C3)cc1. The highest BCUT2D eigenvalue weighted by atomic mass is 16.2. The number of hydrogen-bond donors (Lipinski definition) is 2. The second-order valence-corrected chi connectivity index (χ2v) is 5.43. The molecule has 2 atom stereocenters. The van der Waals surface area contributed by atoms with E-state index in [2.05, 4.69) is 10.2 Å². The molecule has 4 nitrogen and oxygen atoms in total. The fraction of sp³-hybridized carbons (Fsp3) is 0.500. The Morgan fingerprint density at radius 1 is 1.33 bits per heavy atom. The maximum absolute atomic E-state index is 11.9. The quantitative estimate of drug-likeness (QED) is 0.797. The zero-order valence-electron chi connectivity index (χ0n) is 10.4. The van der Waals surface area contributed by atoms with Crippen LogP contribution >= 0.6 is 0 Å². The Labute approximate surface area is 107 Å². The molecule has 1 amide bonds. The molecule has 4 heteroatoms. The summed E-state index contributed by atoms with van der Waals surface area (Å²) >= 11 is 0. The van der Waals surface area contributed by atoms with Gasteiger partial charge < -0.3 is 11.1 Å². The van der Waals surface area contributed by atoms with Gasteiger partial charge in [-0.2, -0.15) is 0 Å². The average Bonchev–Trinajstić information content (AvgIpc) is 2.94. The lowest BCUT2D eigenvalue weighted by atomic mass is 10.1. The molecule has 0 spiro atoms. The molecule has 1 aromatic carbocycles. The van der Waals surface area contributed by atoms with Crippen LogP contribution in [0, 0.1) is 5.92 Å². The highest BCUT2D eigenvalue weighted by Crippen LogP contribution is 2.36. The number of hydrogen-bond acceptors (Lipinski definition) is 3. The number of rotatable bonds is 3. The zero-order valence-corrected chi connectivity index (χ0v) is 10.4. The molecule has 3 rings (SSSR count). The second-order valence-electron chi connectivity index (χ2n) is 5.43. The second kappa shape index (κ2) is 4.61. The smallest absolute Gasteiger partial charge is 0.238 e. The minimum atomic E-state index is 0.0762. The molecule has 2 unspecified atom stereocenters. The van der Waals surface area contributed by atoms with Crippen molar-refractivity contribution in [2.75, 3.05) is 24.1 Å². The Kier molecular flexibility index (Phi) is 2.96. The van der Waals surface area contributed by atoms with Crippen LogP contribution in [0.25, 0.3) is 0 Å². The van der Waals surface area contributed by atoms with E-state index in [0.29, 0.717) is 18.3 Å². The topological polar surface area (TPSA) is 58.4 Å². The Morgan fingerprint density at radius 2 is 2.11 bits per heavy atom. The third-order valence-corrected chi connectivity index (χ3v) is 4.06. The van der Waals surface area contributed by atoms with Crippen LogP contribution in [0.4, 0.5) is 11.4 Å². The van der Waals surface area contributed by atoms with Crippen molar-refractivity contribution in [1.29, 1.82) is 0 Å². The number of carbonyl (C=O) groups is 1. The van der Waals surface area contributed by atoms with Gasteiger partial charge in [0.15, 0.2) is 0 Å². The highest BCUT2D eigenvalue weighted by molar-refractivity contribution is 5.92. The molecule has 96 valence electrons. The number of anilines is 2. The van der Waals surface area contributed by atoms with Crippen LogP contribution in [0.2, 0.25) is 0 Å². The molecule has 18 heavy (non-hydrogen) atoms.